The third-order valence-corrected chi connectivity index (χ3v) is 3.52. The van der Waals surface area contributed by atoms with Gasteiger partial charge in [-0.3, -0.25) is 4.21 Å². The Morgan fingerprint density at radius 1 is 1.21 bits per heavy atom. The van der Waals surface area contributed by atoms with Crippen molar-refractivity contribution in [2.45, 2.75) is 24.7 Å². The lowest BCUT2D eigenvalue weighted by molar-refractivity contribution is 0.364. The van der Waals surface area contributed by atoms with Gasteiger partial charge in [0.2, 0.25) is 5.89 Å². The van der Waals surface area contributed by atoms with Crippen LogP contribution in [0.15, 0.2) is 33.7 Å². The van der Waals surface area contributed by atoms with Crippen molar-refractivity contribution in [3.63, 3.8) is 0 Å². The number of nitrogens with zero attached hydrogens (tertiary/aromatic N) is 2. The monoisotopic (exact) mass is 276 g/mol. The van der Waals surface area contributed by atoms with E-state index in [0.717, 1.165) is 10.5 Å². The van der Waals surface area contributed by atoms with Gasteiger partial charge in [-0.05, 0) is 23.8 Å². The van der Waals surface area contributed by atoms with Gasteiger partial charge in [-0.2, -0.15) is 4.98 Å². The summed E-state index contributed by atoms with van der Waals surface area (Å²) in [6, 6.07) is 7.53. The maximum atomic E-state index is 11.3. The average molecular weight is 276 g/mol. The molecule has 0 aliphatic rings. The van der Waals surface area contributed by atoms with Crippen molar-refractivity contribution in [3.8, 4) is 0 Å². The topological polar surface area (TPSA) is 56.0 Å². The van der Waals surface area contributed by atoms with Crippen LogP contribution in [0.5, 0.6) is 0 Å². The second-order valence-corrected chi connectivity index (χ2v) is 5.88. The van der Waals surface area contributed by atoms with Crippen LogP contribution in [-0.2, 0) is 10.8 Å². The van der Waals surface area contributed by atoms with Crippen molar-refractivity contribution in [1.82, 2.24) is 10.1 Å². The Hall–Kier alpha value is -1.75. The van der Waals surface area contributed by atoms with Gasteiger partial charge in [0.1, 0.15) is 0 Å². The summed E-state index contributed by atoms with van der Waals surface area (Å²) in [5.41, 5.74) is 1.00. The van der Waals surface area contributed by atoms with Gasteiger partial charge in [0, 0.05) is 27.9 Å². The lowest BCUT2D eigenvalue weighted by atomic mass is 10.2. The van der Waals surface area contributed by atoms with Crippen LogP contribution in [0.3, 0.4) is 0 Å². The standard InChI is InChI=1S/C14H16N2O2S/c1-10(2)14-15-13(16-18-14)9-6-11-4-7-12(8-5-11)19(3)17/h4-10H,1-3H3/b9-6+. The smallest absolute Gasteiger partial charge is 0.229 e. The predicted octanol–water partition coefficient (Wildman–Crippen LogP) is 3.10. The molecule has 5 heteroatoms. The normalized spacial score (nSPS) is 13.3. The van der Waals surface area contributed by atoms with Crippen LogP contribution < -0.4 is 0 Å². The zero-order valence-corrected chi connectivity index (χ0v) is 12.0. The summed E-state index contributed by atoms with van der Waals surface area (Å²) in [5, 5.41) is 3.88. The maximum Gasteiger partial charge on any atom is 0.229 e. The molecule has 0 aliphatic heterocycles. The van der Waals surface area contributed by atoms with Crippen molar-refractivity contribution in [1.29, 1.82) is 0 Å². The molecular weight excluding hydrogens is 260 g/mol. The largest absolute Gasteiger partial charge is 0.339 e. The average Bonchev–Trinajstić information content (AvgIpc) is 2.86. The third-order valence-electron chi connectivity index (χ3n) is 2.59. The fourth-order valence-corrected chi connectivity index (χ4v) is 2.01. The molecule has 0 fully saturated rings. The quantitative estimate of drug-likeness (QED) is 0.861. The molecule has 2 aromatic rings. The minimum absolute atomic E-state index is 0.230. The highest BCUT2D eigenvalue weighted by Gasteiger charge is 2.07. The number of hydrogen-bond acceptors (Lipinski definition) is 4. The summed E-state index contributed by atoms with van der Waals surface area (Å²) in [5.74, 6) is 1.43. The van der Waals surface area contributed by atoms with Gasteiger partial charge in [-0.1, -0.05) is 37.2 Å². The van der Waals surface area contributed by atoms with Gasteiger partial charge < -0.3 is 4.52 Å². The van der Waals surface area contributed by atoms with Gasteiger partial charge in [-0.15, -0.1) is 0 Å². The number of benzene rings is 1. The van der Waals surface area contributed by atoms with E-state index in [0.29, 0.717) is 11.7 Å². The number of rotatable bonds is 4. The fraction of sp³-hybridized carbons (Fsp3) is 0.286. The van der Waals surface area contributed by atoms with Crippen LogP contribution in [0, 0.1) is 0 Å². The Kier molecular flexibility index (Phi) is 4.27. The van der Waals surface area contributed by atoms with Crippen LogP contribution in [-0.4, -0.2) is 20.6 Å². The third kappa shape index (κ3) is 3.61. The number of hydrogen-bond donors (Lipinski definition) is 0. The number of aromatic nitrogens is 2. The van der Waals surface area contributed by atoms with Crippen molar-refractivity contribution in [2.75, 3.05) is 6.26 Å². The molecule has 19 heavy (non-hydrogen) atoms. The molecule has 0 amide bonds. The molecular formula is C14H16N2O2S. The Morgan fingerprint density at radius 3 is 2.42 bits per heavy atom. The summed E-state index contributed by atoms with van der Waals surface area (Å²) < 4.78 is 16.4. The van der Waals surface area contributed by atoms with Gasteiger partial charge in [0.05, 0.1) is 0 Å². The molecule has 0 radical (unpaired) electrons. The van der Waals surface area contributed by atoms with E-state index < -0.39 is 10.8 Å². The molecule has 0 saturated carbocycles. The van der Waals surface area contributed by atoms with Crippen LogP contribution in [0.2, 0.25) is 0 Å². The first-order chi connectivity index (χ1) is 9.06. The Balaban J connectivity index is 2.11. The van der Waals surface area contributed by atoms with Crippen LogP contribution in [0.1, 0.15) is 37.0 Å². The van der Waals surface area contributed by atoms with Crippen molar-refractivity contribution < 1.29 is 8.73 Å². The van der Waals surface area contributed by atoms with E-state index in [1.807, 2.05) is 44.2 Å². The van der Waals surface area contributed by atoms with Crippen LogP contribution in [0.4, 0.5) is 0 Å². The molecule has 4 nitrogen and oxygen atoms in total. The van der Waals surface area contributed by atoms with Gasteiger partial charge in [0.25, 0.3) is 0 Å². The molecule has 100 valence electrons. The summed E-state index contributed by atoms with van der Waals surface area (Å²) in [7, 11) is -0.943. The molecule has 0 saturated heterocycles. The molecule has 0 N–H and O–H groups in total. The Labute approximate surface area is 115 Å². The van der Waals surface area contributed by atoms with E-state index in [1.165, 1.54) is 0 Å². The maximum absolute atomic E-state index is 11.3. The van der Waals surface area contributed by atoms with E-state index >= 15 is 0 Å². The first-order valence-corrected chi connectivity index (χ1v) is 7.57. The highest BCUT2D eigenvalue weighted by atomic mass is 32.2. The van der Waals surface area contributed by atoms with Crippen molar-refractivity contribution in [3.05, 3.63) is 41.5 Å². The zero-order valence-electron chi connectivity index (χ0n) is 11.2. The summed E-state index contributed by atoms with van der Waals surface area (Å²) in [4.78, 5) is 5.08. The van der Waals surface area contributed by atoms with E-state index in [9.17, 15) is 4.21 Å². The van der Waals surface area contributed by atoms with Gasteiger partial charge in [0.15, 0.2) is 5.82 Å². The molecule has 0 aliphatic carbocycles. The second kappa shape index (κ2) is 5.93. The van der Waals surface area contributed by atoms with E-state index in [2.05, 4.69) is 10.1 Å². The molecule has 0 spiro atoms. The Morgan fingerprint density at radius 2 is 1.89 bits per heavy atom. The first-order valence-electron chi connectivity index (χ1n) is 6.01. The minimum atomic E-state index is -0.943. The molecule has 1 aromatic carbocycles. The second-order valence-electron chi connectivity index (χ2n) is 4.50. The SMILES string of the molecule is CC(C)c1nc(/C=C/c2ccc(S(C)=O)cc2)no1. The van der Waals surface area contributed by atoms with Gasteiger partial charge in [-0.25, -0.2) is 0 Å². The summed E-state index contributed by atoms with van der Waals surface area (Å²) >= 11 is 0. The highest BCUT2D eigenvalue weighted by molar-refractivity contribution is 7.84. The molecule has 1 unspecified atom stereocenters. The Bertz CT molecular complexity index is 600. The summed E-state index contributed by atoms with van der Waals surface area (Å²) in [6.45, 7) is 4.01. The lowest BCUT2D eigenvalue weighted by Gasteiger charge is -1.96. The van der Waals surface area contributed by atoms with Gasteiger partial charge >= 0.3 is 0 Å². The molecule has 0 bridgehead atoms. The molecule has 1 atom stereocenters. The molecule has 2 rings (SSSR count). The van der Waals surface area contributed by atoms with E-state index in [4.69, 9.17) is 4.52 Å². The van der Waals surface area contributed by atoms with E-state index in [-0.39, 0.29) is 5.92 Å². The van der Waals surface area contributed by atoms with Crippen molar-refractivity contribution in [2.24, 2.45) is 0 Å². The zero-order chi connectivity index (χ0) is 13.8. The molecule has 1 heterocycles. The highest BCUT2D eigenvalue weighted by Crippen LogP contribution is 2.13. The fourth-order valence-electron chi connectivity index (χ4n) is 1.49. The first kappa shape index (κ1) is 13.7. The minimum Gasteiger partial charge on any atom is -0.339 e. The van der Waals surface area contributed by atoms with Crippen LogP contribution >= 0.6 is 0 Å². The predicted molar refractivity (Wildman–Crippen MR) is 76.1 cm³/mol. The van der Waals surface area contributed by atoms with E-state index in [1.54, 1.807) is 12.3 Å². The molecule has 1 aromatic heterocycles. The lowest BCUT2D eigenvalue weighted by Crippen LogP contribution is -1.86. The van der Waals surface area contributed by atoms with Crippen LogP contribution in [0.25, 0.3) is 12.2 Å². The van der Waals surface area contributed by atoms with Crippen molar-refractivity contribution >= 4 is 23.0 Å². The summed E-state index contributed by atoms with van der Waals surface area (Å²) in [6.07, 6.45) is 5.36.